The van der Waals surface area contributed by atoms with Gasteiger partial charge in [0.05, 0.1) is 18.6 Å². The first-order valence-electron chi connectivity index (χ1n) is 11.0. The quantitative estimate of drug-likeness (QED) is 0.256. The predicted molar refractivity (Wildman–Crippen MR) is 138 cm³/mol. The maximum absolute atomic E-state index is 13.4. The van der Waals surface area contributed by atoms with Gasteiger partial charge in [0.25, 0.3) is 0 Å². The Morgan fingerprint density at radius 3 is 2.23 bits per heavy atom. The van der Waals surface area contributed by atoms with Gasteiger partial charge in [-0.05, 0) is 79.6 Å². The van der Waals surface area contributed by atoms with E-state index < -0.39 is 9.84 Å². The first-order chi connectivity index (χ1) is 16.9. The molecule has 4 aromatic rings. The highest BCUT2D eigenvalue weighted by Crippen LogP contribution is 2.33. The van der Waals surface area contributed by atoms with Gasteiger partial charge in [-0.1, -0.05) is 28.1 Å². The summed E-state index contributed by atoms with van der Waals surface area (Å²) in [5, 5.41) is 2.97. The first-order valence-corrected chi connectivity index (χ1v) is 13.3. The normalized spacial score (nSPS) is 11.3. The summed E-state index contributed by atoms with van der Waals surface area (Å²) in [5.74, 6) is 1.80. The number of oxazole rings is 1. The Bertz CT molecular complexity index is 1370. The number of methoxy groups -OCH3 is 1. The second-order valence-electron chi connectivity index (χ2n) is 7.59. The van der Waals surface area contributed by atoms with Crippen molar-refractivity contribution in [3.63, 3.8) is 0 Å². The van der Waals surface area contributed by atoms with E-state index in [1.54, 1.807) is 43.5 Å². The van der Waals surface area contributed by atoms with Crippen molar-refractivity contribution < 1.29 is 22.3 Å². The summed E-state index contributed by atoms with van der Waals surface area (Å²) in [4.78, 5) is 4.52. The lowest BCUT2D eigenvalue weighted by atomic mass is 10.1. The van der Waals surface area contributed by atoms with Gasteiger partial charge in [0.2, 0.25) is 26.6 Å². The van der Waals surface area contributed by atoms with Gasteiger partial charge < -0.3 is 19.2 Å². The van der Waals surface area contributed by atoms with Gasteiger partial charge >= 0.3 is 0 Å². The molecule has 0 atom stereocenters. The number of sulfone groups is 1. The van der Waals surface area contributed by atoms with Gasteiger partial charge in [0, 0.05) is 16.6 Å². The molecule has 182 valence electrons. The molecule has 4 rings (SSSR count). The van der Waals surface area contributed by atoms with E-state index in [9.17, 15) is 8.42 Å². The summed E-state index contributed by atoms with van der Waals surface area (Å²) < 4.78 is 44.3. The zero-order valence-electron chi connectivity index (χ0n) is 19.3. The number of nitrogens with one attached hydrogen (secondary N) is 1. The maximum Gasteiger partial charge on any atom is 0.233 e. The fourth-order valence-corrected chi connectivity index (χ4v) is 4.96. The molecule has 35 heavy (non-hydrogen) atoms. The van der Waals surface area contributed by atoms with Crippen molar-refractivity contribution >= 4 is 31.7 Å². The lowest BCUT2D eigenvalue weighted by Crippen LogP contribution is -2.09. The molecule has 1 heterocycles. The van der Waals surface area contributed by atoms with Crippen molar-refractivity contribution in [2.45, 2.75) is 23.3 Å². The third-order valence-corrected chi connectivity index (χ3v) is 7.45. The number of anilines is 1. The fraction of sp³-hybridized carbons (Fsp3) is 0.192. The second-order valence-corrected chi connectivity index (χ2v) is 10.4. The second kappa shape index (κ2) is 11.0. The van der Waals surface area contributed by atoms with Crippen molar-refractivity contribution in [2.24, 2.45) is 0 Å². The smallest absolute Gasteiger partial charge is 0.233 e. The van der Waals surface area contributed by atoms with Crippen molar-refractivity contribution in [3.8, 4) is 23.0 Å². The van der Waals surface area contributed by atoms with Gasteiger partial charge in [-0.15, -0.1) is 0 Å². The first kappa shape index (κ1) is 24.8. The number of ether oxygens (including phenoxy) is 2. The van der Waals surface area contributed by atoms with E-state index in [0.717, 1.165) is 15.8 Å². The summed E-state index contributed by atoms with van der Waals surface area (Å²) in [7, 11) is -2.30. The SMILES string of the molecule is CCOc1ccc(-c2nc(S(=O)(=O)c3ccc(Br)cc3)c(NCCc3ccc(OC)cc3)o2)cc1. The molecule has 0 saturated heterocycles. The number of benzene rings is 3. The zero-order valence-corrected chi connectivity index (χ0v) is 21.7. The van der Waals surface area contributed by atoms with Crippen molar-refractivity contribution in [3.05, 3.63) is 82.8 Å². The summed E-state index contributed by atoms with van der Waals surface area (Å²) in [6.07, 6.45) is 0.654. The molecule has 0 amide bonds. The average Bonchev–Trinajstić information content (AvgIpc) is 3.30. The van der Waals surface area contributed by atoms with Gasteiger partial charge in [0.15, 0.2) is 0 Å². The minimum absolute atomic E-state index is 0.102. The molecule has 0 unspecified atom stereocenters. The summed E-state index contributed by atoms with van der Waals surface area (Å²) in [6, 6.07) is 21.3. The third-order valence-electron chi connectivity index (χ3n) is 5.25. The van der Waals surface area contributed by atoms with Crippen LogP contribution in [0.15, 0.2) is 91.6 Å². The van der Waals surface area contributed by atoms with E-state index in [2.05, 4.69) is 26.2 Å². The monoisotopic (exact) mass is 556 g/mol. The van der Waals surface area contributed by atoms with E-state index in [0.29, 0.717) is 30.9 Å². The third kappa shape index (κ3) is 5.86. The lowest BCUT2D eigenvalue weighted by Gasteiger charge is -2.07. The molecule has 0 aliphatic heterocycles. The minimum Gasteiger partial charge on any atom is -0.497 e. The molecular weight excluding hydrogens is 532 g/mol. The van der Waals surface area contributed by atoms with Crippen LogP contribution in [0.3, 0.4) is 0 Å². The Hall–Kier alpha value is -3.30. The highest BCUT2D eigenvalue weighted by molar-refractivity contribution is 9.10. The summed E-state index contributed by atoms with van der Waals surface area (Å²) in [6.45, 7) is 2.91. The Morgan fingerprint density at radius 2 is 1.60 bits per heavy atom. The molecule has 0 fully saturated rings. The summed E-state index contributed by atoms with van der Waals surface area (Å²) in [5.41, 5.74) is 1.71. The van der Waals surface area contributed by atoms with Crippen LogP contribution in [0.1, 0.15) is 12.5 Å². The molecule has 1 aromatic heterocycles. The molecule has 0 bridgehead atoms. The van der Waals surface area contributed by atoms with Crippen LogP contribution in [0.2, 0.25) is 0 Å². The molecule has 9 heteroatoms. The van der Waals surface area contributed by atoms with E-state index in [1.807, 2.05) is 31.2 Å². The molecule has 0 aliphatic rings. The molecule has 3 aromatic carbocycles. The molecule has 0 spiro atoms. The standard InChI is InChI=1S/C26H25BrN2O5S/c1-3-33-22-12-6-19(7-13-22)24-29-26(35(30,31)23-14-8-20(27)9-15-23)25(34-24)28-17-16-18-4-10-21(32-2)11-5-18/h4-15,28H,3,16-17H2,1-2H3. The molecule has 7 nitrogen and oxygen atoms in total. The van der Waals surface area contributed by atoms with E-state index >= 15 is 0 Å². The van der Waals surface area contributed by atoms with Crippen LogP contribution in [0.4, 0.5) is 5.88 Å². The van der Waals surface area contributed by atoms with Crippen LogP contribution in [-0.2, 0) is 16.3 Å². The van der Waals surface area contributed by atoms with Gasteiger partial charge in [-0.25, -0.2) is 8.42 Å². The largest absolute Gasteiger partial charge is 0.497 e. The van der Waals surface area contributed by atoms with Crippen LogP contribution >= 0.6 is 15.9 Å². The van der Waals surface area contributed by atoms with Crippen LogP contribution in [-0.4, -0.2) is 33.7 Å². The van der Waals surface area contributed by atoms with Crippen molar-refractivity contribution in [2.75, 3.05) is 25.6 Å². The Balaban J connectivity index is 1.63. The molecule has 1 N–H and O–H groups in total. The number of rotatable bonds is 10. The topological polar surface area (TPSA) is 90.7 Å². The number of hydrogen-bond donors (Lipinski definition) is 1. The van der Waals surface area contributed by atoms with E-state index in [4.69, 9.17) is 13.9 Å². The minimum atomic E-state index is -3.92. The fourth-order valence-electron chi connectivity index (χ4n) is 3.42. The zero-order chi connectivity index (χ0) is 24.8. The van der Waals surface area contributed by atoms with Gasteiger partial charge in [0.1, 0.15) is 11.5 Å². The number of aromatic nitrogens is 1. The highest BCUT2D eigenvalue weighted by Gasteiger charge is 2.28. The van der Waals surface area contributed by atoms with Crippen LogP contribution in [0.25, 0.3) is 11.5 Å². The van der Waals surface area contributed by atoms with E-state index in [1.165, 1.54) is 12.1 Å². The van der Waals surface area contributed by atoms with Crippen LogP contribution in [0, 0.1) is 0 Å². The average molecular weight is 557 g/mol. The highest BCUT2D eigenvalue weighted by atomic mass is 79.9. The molecule has 0 aliphatic carbocycles. The predicted octanol–water partition coefficient (Wildman–Crippen LogP) is 6.00. The number of hydrogen-bond acceptors (Lipinski definition) is 7. The van der Waals surface area contributed by atoms with Crippen molar-refractivity contribution in [1.82, 2.24) is 4.98 Å². The number of nitrogens with zero attached hydrogens (tertiary/aromatic N) is 1. The molecular formula is C26H25BrN2O5S. The lowest BCUT2D eigenvalue weighted by molar-refractivity contribution is 0.340. The molecule has 0 saturated carbocycles. The molecule has 0 radical (unpaired) electrons. The Kier molecular flexibility index (Phi) is 7.77. The summed E-state index contributed by atoms with van der Waals surface area (Å²) >= 11 is 3.34. The van der Waals surface area contributed by atoms with Crippen LogP contribution in [0.5, 0.6) is 11.5 Å². The Morgan fingerprint density at radius 1 is 0.943 bits per heavy atom. The van der Waals surface area contributed by atoms with Gasteiger partial charge in [-0.3, -0.25) is 0 Å². The van der Waals surface area contributed by atoms with E-state index in [-0.39, 0.29) is 21.7 Å². The Labute approximate surface area is 213 Å². The van der Waals surface area contributed by atoms with Crippen LogP contribution < -0.4 is 14.8 Å². The van der Waals surface area contributed by atoms with Gasteiger partial charge in [-0.2, -0.15) is 4.98 Å². The number of halogens is 1. The maximum atomic E-state index is 13.4. The van der Waals surface area contributed by atoms with Crippen molar-refractivity contribution in [1.29, 1.82) is 0 Å².